The lowest BCUT2D eigenvalue weighted by Gasteiger charge is -1.91. The summed E-state index contributed by atoms with van der Waals surface area (Å²) in [4.78, 5) is 10.8. The van der Waals surface area contributed by atoms with Crippen molar-refractivity contribution in [2.24, 2.45) is 0 Å². The van der Waals surface area contributed by atoms with Gasteiger partial charge in [0.05, 0.1) is 0 Å². The van der Waals surface area contributed by atoms with Crippen LogP contribution in [-0.4, -0.2) is 16.2 Å². The summed E-state index contributed by atoms with van der Waals surface area (Å²) in [6, 6.07) is 4.57. The van der Waals surface area contributed by atoms with Crippen LogP contribution in [0.4, 0.5) is 0 Å². The second-order valence-corrected chi connectivity index (χ2v) is 3.43. The van der Waals surface area contributed by atoms with E-state index >= 15 is 0 Å². The minimum absolute atomic E-state index is 0.0240. The van der Waals surface area contributed by atoms with Crippen LogP contribution in [0.15, 0.2) is 27.3 Å². The predicted molar refractivity (Wildman–Crippen MR) is 52.5 cm³/mol. The number of aromatic carboxylic acids is 1. The van der Waals surface area contributed by atoms with Crippen molar-refractivity contribution in [1.82, 2.24) is 0 Å². The summed E-state index contributed by atoms with van der Waals surface area (Å²) >= 11 is 2.99. The van der Waals surface area contributed by atoms with Crippen LogP contribution in [0.1, 0.15) is 10.4 Å². The van der Waals surface area contributed by atoms with E-state index in [1.54, 1.807) is 12.1 Å². The molecule has 1 heterocycles. The zero-order valence-electron chi connectivity index (χ0n) is 6.82. The number of carboxylic acids is 1. The summed E-state index contributed by atoms with van der Waals surface area (Å²) in [6.45, 7) is 0. The molecule has 0 radical (unpaired) electrons. The Morgan fingerprint density at radius 1 is 1.43 bits per heavy atom. The highest BCUT2D eigenvalue weighted by molar-refractivity contribution is 9.10. The first-order valence-electron chi connectivity index (χ1n) is 3.74. The largest absolute Gasteiger partial charge is 0.504 e. The van der Waals surface area contributed by atoms with E-state index in [-0.39, 0.29) is 21.6 Å². The van der Waals surface area contributed by atoms with Gasteiger partial charge in [0.1, 0.15) is 5.56 Å². The van der Waals surface area contributed by atoms with Crippen molar-refractivity contribution in [3.8, 4) is 5.75 Å². The molecule has 0 unspecified atom stereocenters. The number of halogens is 1. The number of aromatic hydroxyl groups is 1. The molecule has 4 nitrogen and oxygen atoms in total. The van der Waals surface area contributed by atoms with Gasteiger partial charge in [-0.15, -0.1) is 0 Å². The monoisotopic (exact) mass is 256 g/mol. The first-order chi connectivity index (χ1) is 6.61. The molecule has 1 aromatic carbocycles. The second kappa shape index (κ2) is 3.02. The Bertz CT molecular complexity index is 515. The molecule has 0 saturated heterocycles. The van der Waals surface area contributed by atoms with Crippen LogP contribution in [0.5, 0.6) is 5.75 Å². The molecule has 0 aliphatic carbocycles. The van der Waals surface area contributed by atoms with Crippen molar-refractivity contribution in [3.05, 3.63) is 28.4 Å². The van der Waals surface area contributed by atoms with Crippen LogP contribution in [0, 0.1) is 0 Å². The van der Waals surface area contributed by atoms with Gasteiger partial charge in [-0.3, -0.25) is 0 Å². The number of phenolic OH excluding ortho intramolecular Hbond substituents is 1. The standard InChI is InChI=1S/C9H5BrO4/c10-8-6(9(12)13)4-2-1-3-5(11)7(4)14-8/h1-3,11H,(H,12,13). The number of carbonyl (C=O) groups is 1. The van der Waals surface area contributed by atoms with Gasteiger partial charge >= 0.3 is 5.97 Å². The molecule has 2 rings (SSSR count). The van der Waals surface area contributed by atoms with Crippen LogP contribution in [0.2, 0.25) is 0 Å². The normalized spacial score (nSPS) is 10.6. The lowest BCUT2D eigenvalue weighted by Crippen LogP contribution is -1.94. The number of benzene rings is 1. The molecule has 72 valence electrons. The van der Waals surface area contributed by atoms with E-state index < -0.39 is 5.97 Å². The lowest BCUT2D eigenvalue weighted by molar-refractivity contribution is 0.0696. The molecule has 0 amide bonds. The SMILES string of the molecule is O=C(O)c1c(Br)oc2c(O)cccc12. The van der Waals surface area contributed by atoms with E-state index in [4.69, 9.17) is 9.52 Å². The molecule has 0 bridgehead atoms. The number of hydrogen-bond acceptors (Lipinski definition) is 3. The van der Waals surface area contributed by atoms with Crippen molar-refractivity contribution in [3.63, 3.8) is 0 Å². The molecule has 0 spiro atoms. The average molecular weight is 257 g/mol. The topological polar surface area (TPSA) is 70.7 Å². The van der Waals surface area contributed by atoms with E-state index in [1.807, 2.05) is 0 Å². The molecular weight excluding hydrogens is 252 g/mol. The Labute approximate surface area is 86.9 Å². The summed E-state index contributed by atoms with van der Waals surface area (Å²) in [5.41, 5.74) is 0.202. The fourth-order valence-electron chi connectivity index (χ4n) is 1.27. The van der Waals surface area contributed by atoms with Crippen molar-refractivity contribution >= 4 is 32.9 Å². The zero-order chi connectivity index (χ0) is 10.3. The third-order valence-electron chi connectivity index (χ3n) is 1.87. The Balaban J connectivity index is 2.90. The Hall–Kier alpha value is -1.49. The summed E-state index contributed by atoms with van der Waals surface area (Å²) in [6.07, 6.45) is 0. The quantitative estimate of drug-likeness (QED) is 0.823. The van der Waals surface area contributed by atoms with E-state index in [9.17, 15) is 9.90 Å². The number of hydrogen-bond donors (Lipinski definition) is 2. The lowest BCUT2D eigenvalue weighted by atomic mass is 10.2. The molecule has 14 heavy (non-hydrogen) atoms. The fraction of sp³-hybridized carbons (Fsp3) is 0. The van der Waals surface area contributed by atoms with Crippen LogP contribution in [0.25, 0.3) is 11.0 Å². The van der Waals surface area contributed by atoms with Crippen LogP contribution in [-0.2, 0) is 0 Å². The third-order valence-corrected chi connectivity index (χ3v) is 2.42. The maximum Gasteiger partial charge on any atom is 0.340 e. The van der Waals surface area contributed by atoms with Gasteiger partial charge in [-0.1, -0.05) is 6.07 Å². The average Bonchev–Trinajstić information content (AvgIpc) is 2.42. The van der Waals surface area contributed by atoms with Gasteiger partial charge < -0.3 is 14.6 Å². The number of carboxylic acid groups (broad SMARTS) is 1. The molecule has 0 fully saturated rings. The molecule has 2 N–H and O–H groups in total. The van der Waals surface area contributed by atoms with Crippen molar-refractivity contribution in [2.45, 2.75) is 0 Å². The minimum atomic E-state index is -1.10. The Morgan fingerprint density at radius 3 is 2.79 bits per heavy atom. The van der Waals surface area contributed by atoms with Gasteiger partial charge in [0, 0.05) is 5.39 Å². The van der Waals surface area contributed by atoms with Gasteiger partial charge in [-0.25, -0.2) is 4.79 Å². The maximum absolute atomic E-state index is 10.8. The molecule has 0 saturated carbocycles. The minimum Gasteiger partial charge on any atom is -0.504 e. The third kappa shape index (κ3) is 1.17. The van der Waals surface area contributed by atoms with E-state index in [0.29, 0.717) is 5.39 Å². The highest BCUT2D eigenvalue weighted by Crippen LogP contribution is 2.34. The predicted octanol–water partition coefficient (Wildman–Crippen LogP) is 2.60. The van der Waals surface area contributed by atoms with E-state index in [1.165, 1.54) is 6.07 Å². The van der Waals surface area contributed by atoms with Gasteiger partial charge in [0.15, 0.2) is 16.0 Å². The summed E-state index contributed by atoms with van der Waals surface area (Å²) in [5, 5.41) is 18.6. The van der Waals surface area contributed by atoms with Crippen LogP contribution < -0.4 is 0 Å². The maximum atomic E-state index is 10.8. The Morgan fingerprint density at radius 2 is 2.14 bits per heavy atom. The molecule has 2 aromatic rings. The number of furan rings is 1. The number of phenols is 1. The van der Waals surface area contributed by atoms with E-state index in [0.717, 1.165) is 0 Å². The van der Waals surface area contributed by atoms with Gasteiger partial charge in [-0.05, 0) is 28.1 Å². The number of rotatable bonds is 1. The summed E-state index contributed by atoms with van der Waals surface area (Å²) in [7, 11) is 0. The van der Waals surface area contributed by atoms with Crippen LogP contribution >= 0.6 is 15.9 Å². The van der Waals surface area contributed by atoms with Crippen LogP contribution in [0.3, 0.4) is 0 Å². The van der Waals surface area contributed by atoms with Crippen molar-refractivity contribution in [1.29, 1.82) is 0 Å². The molecule has 0 atom stereocenters. The smallest absolute Gasteiger partial charge is 0.340 e. The van der Waals surface area contributed by atoms with E-state index in [2.05, 4.69) is 15.9 Å². The van der Waals surface area contributed by atoms with Crippen molar-refractivity contribution < 1.29 is 19.4 Å². The molecule has 0 aliphatic heterocycles. The first-order valence-corrected chi connectivity index (χ1v) is 4.54. The molecule has 1 aromatic heterocycles. The number of para-hydroxylation sites is 1. The van der Waals surface area contributed by atoms with Gasteiger partial charge in [-0.2, -0.15) is 0 Å². The van der Waals surface area contributed by atoms with Crippen molar-refractivity contribution in [2.75, 3.05) is 0 Å². The first kappa shape index (κ1) is 9.08. The molecular formula is C9H5BrO4. The highest BCUT2D eigenvalue weighted by atomic mass is 79.9. The summed E-state index contributed by atoms with van der Waals surface area (Å²) < 4.78 is 5.19. The fourth-order valence-corrected chi connectivity index (χ4v) is 1.82. The van der Waals surface area contributed by atoms with Gasteiger partial charge in [0.25, 0.3) is 0 Å². The summed E-state index contributed by atoms with van der Waals surface area (Å²) in [5.74, 6) is -1.17. The number of fused-ring (bicyclic) bond motifs is 1. The zero-order valence-corrected chi connectivity index (χ0v) is 8.41. The Kier molecular flexibility index (Phi) is 1.96. The second-order valence-electron chi connectivity index (χ2n) is 2.71. The van der Waals surface area contributed by atoms with Gasteiger partial charge in [0.2, 0.25) is 0 Å². The highest BCUT2D eigenvalue weighted by Gasteiger charge is 2.19. The molecule has 0 aliphatic rings. The molecule has 5 heteroatoms.